The molecule has 0 aliphatic carbocycles. The molecule has 0 amide bonds. The normalized spacial score (nSPS) is 12.6. The van der Waals surface area contributed by atoms with Crippen LogP contribution in [-0.4, -0.2) is 19.8 Å². The molecule has 2 nitrogen and oxygen atoms in total. The highest BCUT2D eigenvalue weighted by Crippen LogP contribution is 2.13. The van der Waals surface area contributed by atoms with E-state index in [0.29, 0.717) is 12.3 Å². The van der Waals surface area contributed by atoms with E-state index in [1.165, 1.54) is 6.07 Å². The van der Waals surface area contributed by atoms with Gasteiger partial charge in [0, 0.05) is 24.9 Å². The number of halogens is 2. The Morgan fingerprint density at radius 2 is 2.07 bits per heavy atom. The minimum atomic E-state index is -0.848. The molecule has 0 fully saturated rings. The van der Waals surface area contributed by atoms with Crippen LogP contribution in [0.15, 0.2) is 18.2 Å². The molecule has 1 rings (SSSR count). The van der Waals surface area contributed by atoms with Crippen molar-refractivity contribution in [2.24, 2.45) is 0 Å². The van der Waals surface area contributed by atoms with Crippen molar-refractivity contribution >= 4 is 5.69 Å². The van der Waals surface area contributed by atoms with Crippen LogP contribution in [0.2, 0.25) is 0 Å². The Kier molecular flexibility index (Phi) is 3.83. The zero-order valence-electron chi connectivity index (χ0n) is 8.18. The molecule has 0 heterocycles. The van der Waals surface area contributed by atoms with E-state index in [9.17, 15) is 8.78 Å². The first-order valence-electron chi connectivity index (χ1n) is 4.34. The Hall–Kier alpha value is -1.16. The van der Waals surface area contributed by atoms with Crippen LogP contribution in [0, 0.1) is 11.6 Å². The second kappa shape index (κ2) is 4.91. The van der Waals surface area contributed by atoms with Gasteiger partial charge in [0.15, 0.2) is 11.6 Å². The third-order valence-electron chi connectivity index (χ3n) is 1.75. The summed E-state index contributed by atoms with van der Waals surface area (Å²) in [6.45, 7) is 2.41. The van der Waals surface area contributed by atoms with E-state index in [1.54, 1.807) is 7.11 Å². The largest absolute Gasteiger partial charge is 0.383 e. The van der Waals surface area contributed by atoms with Gasteiger partial charge in [-0.3, -0.25) is 0 Å². The SMILES string of the molecule is COCC(C)Nc1ccc(F)c(F)c1. The van der Waals surface area contributed by atoms with Gasteiger partial charge in [-0.1, -0.05) is 0 Å². The van der Waals surface area contributed by atoms with Gasteiger partial charge in [-0.2, -0.15) is 0 Å². The van der Waals surface area contributed by atoms with Crippen molar-refractivity contribution in [2.75, 3.05) is 19.0 Å². The Balaban J connectivity index is 2.63. The lowest BCUT2D eigenvalue weighted by molar-refractivity contribution is 0.190. The number of methoxy groups -OCH3 is 1. The highest BCUT2D eigenvalue weighted by atomic mass is 19.2. The molecule has 0 spiro atoms. The van der Waals surface area contributed by atoms with Crippen molar-refractivity contribution in [1.82, 2.24) is 0 Å². The van der Waals surface area contributed by atoms with Crippen LogP contribution in [0.5, 0.6) is 0 Å². The third kappa shape index (κ3) is 2.96. The molecule has 14 heavy (non-hydrogen) atoms. The van der Waals surface area contributed by atoms with Crippen molar-refractivity contribution in [1.29, 1.82) is 0 Å². The molecule has 0 aliphatic rings. The van der Waals surface area contributed by atoms with Crippen LogP contribution in [0.4, 0.5) is 14.5 Å². The molecule has 0 aromatic heterocycles. The van der Waals surface area contributed by atoms with Gasteiger partial charge in [-0.05, 0) is 19.1 Å². The predicted molar refractivity (Wildman–Crippen MR) is 51.3 cm³/mol. The number of hydrogen-bond acceptors (Lipinski definition) is 2. The Labute approximate surface area is 81.9 Å². The molecule has 4 heteroatoms. The fraction of sp³-hybridized carbons (Fsp3) is 0.400. The van der Waals surface area contributed by atoms with Crippen LogP contribution in [0.25, 0.3) is 0 Å². The first-order chi connectivity index (χ1) is 6.63. The van der Waals surface area contributed by atoms with E-state index < -0.39 is 11.6 Å². The van der Waals surface area contributed by atoms with E-state index in [0.717, 1.165) is 12.1 Å². The van der Waals surface area contributed by atoms with Gasteiger partial charge in [0.2, 0.25) is 0 Å². The second-order valence-electron chi connectivity index (χ2n) is 3.13. The van der Waals surface area contributed by atoms with Gasteiger partial charge in [-0.15, -0.1) is 0 Å². The lowest BCUT2D eigenvalue weighted by atomic mass is 10.2. The molecular weight excluding hydrogens is 188 g/mol. The Morgan fingerprint density at radius 1 is 1.36 bits per heavy atom. The molecule has 0 bridgehead atoms. The summed E-state index contributed by atoms with van der Waals surface area (Å²) in [5, 5.41) is 2.98. The van der Waals surface area contributed by atoms with E-state index in [1.807, 2.05) is 6.92 Å². The molecule has 0 saturated carbocycles. The number of nitrogens with one attached hydrogen (secondary N) is 1. The smallest absolute Gasteiger partial charge is 0.160 e. The average Bonchev–Trinajstić information content (AvgIpc) is 2.12. The maximum absolute atomic E-state index is 12.8. The quantitative estimate of drug-likeness (QED) is 0.807. The molecular formula is C10H13F2NO. The summed E-state index contributed by atoms with van der Waals surface area (Å²) < 4.78 is 30.2. The van der Waals surface area contributed by atoms with Gasteiger partial charge < -0.3 is 10.1 Å². The molecule has 1 N–H and O–H groups in total. The molecule has 1 atom stereocenters. The molecule has 1 unspecified atom stereocenters. The van der Waals surface area contributed by atoms with Crippen molar-refractivity contribution in [3.05, 3.63) is 29.8 Å². The summed E-state index contributed by atoms with van der Waals surface area (Å²) in [6, 6.07) is 3.77. The van der Waals surface area contributed by atoms with Crippen molar-refractivity contribution in [3.8, 4) is 0 Å². The van der Waals surface area contributed by atoms with E-state index in [-0.39, 0.29) is 6.04 Å². The number of anilines is 1. The highest BCUT2D eigenvalue weighted by molar-refractivity contribution is 5.44. The molecule has 1 aromatic rings. The monoisotopic (exact) mass is 201 g/mol. The van der Waals surface area contributed by atoms with Gasteiger partial charge >= 0.3 is 0 Å². The number of benzene rings is 1. The second-order valence-corrected chi connectivity index (χ2v) is 3.13. The van der Waals surface area contributed by atoms with Crippen LogP contribution >= 0.6 is 0 Å². The maximum atomic E-state index is 12.8. The molecule has 0 radical (unpaired) electrons. The van der Waals surface area contributed by atoms with E-state index in [4.69, 9.17) is 4.74 Å². The molecule has 78 valence electrons. The van der Waals surface area contributed by atoms with Gasteiger partial charge in [0.25, 0.3) is 0 Å². The van der Waals surface area contributed by atoms with Crippen LogP contribution in [-0.2, 0) is 4.74 Å². The average molecular weight is 201 g/mol. The number of rotatable bonds is 4. The van der Waals surface area contributed by atoms with Crippen molar-refractivity contribution < 1.29 is 13.5 Å². The summed E-state index contributed by atoms with van der Waals surface area (Å²) in [4.78, 5) is 0. The summed E-state index contributed by atoms with van der Waals surface area (Å²) in [6.07, 6.45) is 0. The van der Waals surface area contributed by atoms with E-state index >= 15 is 0 Å². The first kappa shape index (κ1) is 10.9. The van der Waals surface area contributed by atoms with Crippen LogP contribution in [0.3, 0.4) is 0 Å². The maximum Gasteiger partial charge on any atom is 0.160 e. The van der Waals surface area contributed by atoms with Gasteiger partial charge in [0.05, 0.1) is 6.61 Å². The molecule has 1 aromatic carbocycles. The standard InChI is InChI=1S/C10H13F2NO/c1-7(6-14-2)13-8-3-4-9(11)10(12)5-8/h3-5,7,13H,6H2,1-2H3. The zero-order valence-corrected chi connectivity index (χ0v) is 8.18. The fourth-order valence-corrected chi connectivity index (χ4v) is 1.16. The molecule has 0 aliphatic heterocycles. The summed E-state index contributed by atoms with van der Waals surface area (Å²) in [5.41, 5.74) is 0.549. The van der Waals surface area contributed by atoms with E-state index in [2.05, 4.69) is 5.32 Å². The summed E-state index contributed by atoms with van der Waals surface area (Å²) in [7, 11) is 1.59. The zero-order chi connectivity index (χ0) is 10.6. The van der Waals surface area contributed by atoms with Gasteiger partial charge in [-0.25, -0.2) is 8.78 Å². The summed E-state index contributed by atoms with van der Waals surface area (Å²) in [5.74, 6) is -1.69. The number of hydrogen-bond donors (Lipinski definition) is 1. The number of ether oxygens (including phenoxy) is 1. The third-order valence-corrected chi connectivity index (χ3v) is 1.75. The van der Waals surface area contributed by atoms with Crippen LogP contribution < -0.4 is 5.32 Å². The summed E-state index contributed by atoms with van der Waals surface area (Å²) >= 11 is 0. The van der Waals surface area contributed by atoms with Crippen molar-refractivity contribution in [3.63, 3.8) is 0 Å². The molecule has 0 saturated heterocycles. The minimum Gasteiger partial charge on any atom is -0.383 e. The lowest BCUT2D eigenvalue weighted by Gasteiger charge is -2.13. The first-order valence-corrected chi connectivity index (χ1v) is 4.34. The van der Waals surface area contributed by atoms with Gasteiger partial charge in [0.1, 0.15) is 0 Å². The fourth-order valence-electron chi connectivity index (χ4n) is 1.16. The minimum absolute atomic E-state index is 0.0601. The highest BCUT2D eigenvalue weighted by Gasteiger charge is 2.04. The van der Waals surface area contributed by atoms with Crippen LogP contribution in [0.1, 0.15) is 6.92 Å². The Morgan fingerprint density at radius 3 is 2.64 bits per heavy atom. The Bertz CT molecular complexity index is 304. The topological polar surface area (TPSA) is 21.3 Å². The lowest BCUT2D eigenvalue weighted by Crippen LogP contribution is -2.20. The van der Waals surface area contributed by atoms with Crippen molar-refractivity contribution in [2.45, 2.75) is 13.0 Å². The predicted octanol–water partition coefficient (Wildman–Crippen LogP) is 2.41.